The predicted octanol–water partition coefficient (Wildman–Crippen LogP) is 5.41. The van der Waals surface area contributed by atoms with Crippen molar-refractivity contribution in [2.45, 2.75) is 20.4 Å². The van der Waals surface area contributed by atoms with Gasteiger partial charge in [0.2, 0.25) is 0 Å². The molecule has 0 unspecified atom stereocenters. The Balaban J connectivity index is 1.65. The third kappa shape index (κ3) is 3.72. The molecule has 0 aliphatic heterocycles. The van der Waals surface area contributed by atoms with E-state index in [4.69, 9.17) is 14.5 Å². The Labute approximate surface area is 165 Å². The van der Waals surface area contributed by atoms with Gasteiger partial charge < -0.3 is 14.0 Å². The van der Waals surface area contributed by atoms with Crippen LogP contribution in [0.5, 0.6) is 11.5 Å². The van der Waals surface area contributed by atoms with Crippen LogP contribution in [0.4, 0.5) is 0 Å². The average Bonchev–Trinajstić information content (AvgIpc) is 3.06. The first-order valence-corrected chi connectivity index (χ1v) is 9.45. The number of imidazole rings is 1. The number of aromatic nitrogens is 2. The highest BCUT2D eigenvalue weighted by atomic mass is 16.5. The molecule has 0 N–H and O–H groups in total. The van der Waals surface area contributed by atoms with E-state index in [0.717, 1.165) is 33.9 Å². The van der Waals surface area contributed by atoms with Crippen LogP contribution >= 0.6 is 0 Å². The van der Waals surface area contributed by atoms with Crippen LogP contribution in [0.15, 0.2) is 66.7 Å². The molecular formula is C24H24N2O2. The van der Waals surface area contributed by atoms with Crippen LogP contribution in [-0.4, -0.2) is 23.3 Å². The fourth-order valence-electron chi connectivity index (χ4n) is 3.56. The smallest absolute Gasteiger partial charge is 0.141 e. The topological polar surface area (TPSA) is 36.3 Å². The zero-order valence-corrected chi connectivity index (χ0v) is 16.5. The van der Waals surface area contributed by atoms with Gasteiger partial charge in [-0.2, -0.15) is 0 Å². The molecule has 28 heavy (non-hydrogen) atoms. The minimum absolute atomic E-state index is 0.570. The minimum atomic E-state index is 0.570. The first-order valence-electron chi connectivity index (χ1n) is 9.45. The molecule has 0 amide bonds. The van der Waals surface area contributed by atoms with Crippen LogP contribution in [0, 0.1) is 13.8 Å². The van der Waals surface area contributed by atoms with Gasteiger partial charge in [0.25, 0.3) is 0 Å². The molecule has 4 heteroatoms. The number of nitrogens with zero attached hydrogens (tertiary/aromatic N) is 2. The summed E-state index contributed by atoms with van der Waals surface area (Å²) in [5.41, 5.74) is 5.53. The molecule has 0 fully saturated rings. The lowest BCUT2D eigenvalue weighted by molar-refractivity contribution is 0.300. The van der Waals surface area contributed by atoms with Crippen molar-refractivity contribution in [2.75, 3.05) is 13.7 Å². The lowest BCUT2D eigenvalue weighted by Gasteiger charge is -2.12. The van der Waals surface area contributed by atoms with Crippen LogP contribution < -0.4 is 9.47 Å². The molecule has 1 aromatic heterocycles. The molecule has 0 atom stereocenters. The average molecular weight is 372 g/mol. The summed E-state index contributed by atoms with van der Waals surface area (Å²) in [6.07, 6.45) is 0. The zero-order valence-electron chi connectivity index (χ0n) is 16.5. The van der Waals surface area contributed by atoms with E-state index in [-0.39, 0.29) is 0 Å². The third-order valence-electron chi connectivity index (χ3n) is 4.76. The number of aryl methyl sites for hydroxylation is 2. The van der Waals surface area contributed by atoms with Gasteiger partial charge in [-0.25, -0.2) is 4.98 Å². The molecule has 0 radical (unpaired) electrons. The molecule has 0 aliphatic carbocycles. The molecule has 4 nitrogen and oxygen atoms in total. The summed E-state index contributed by atoms with van der Waals surface area (Å²) in [7, 11) is 1.68. The van der Waals surface area contributed by atoms with Crippen LogP contribution in [0.1, 0.15) is 11.1 Å². The Kier molecular flexibility index (Phi) is 5.02. The van der Waals surface area contributed by atoms with E-state index >= 15 is 0 Å². The van der Waals surface area contributed by atoms with E-state index in [1.165, 1.54) is 11.1 Å². The first kappa shape index (κ1) is 18.1. The second-order valence-electron chi connectivity index (χ2n) is 6.98. The molecule has 0 saturated carbocycles. The van der Waals surface area contributed by atoms with Crippen molar-refractivity contribution >= 4 is 11.0 Å². The van der Waals surface area contributed by atoms with E-state index in [0.29, 0.717) is 13.2 Å². The molecule has 1 heterocycles. The zero-order chi connectivity index (χ0) is 19.5. The van der Waals surface area contributed by atoms with Crippen molar-refractivity contribution in [3.8, 4) is 22.9 Å². The van der Waals surface area contributed by atoms with Gasteiger partial charge in [0.1, 0.15) is 23.9 Å². The number of rotatable bonds is 6. The molecule has 0 bridgehead atoms. The van der Waals surface area contributed by atoms with Crippen molar-refractivity contribution < 1.29 is 9.47 Å². The molecule has 0 aliphatic rings. The summed E-state index contributed by atoms with van der Waals surface area (Å²) in [6.45, 7) is 5.45. The van der Waals surface area contributed by atoms with E-state index in [2.05, 4.69) is 48.7 Å². The van der Waals surface area contributed by atoms with Gasteiger partial charge in [0, 0.05) is 5.56 Å². The third-order valence-corrected chi connectivity index (χ3v) is 4.76. The van der Waals surface area contributed by atoms with Crippen molar-refractivity contribution in [1.29, 1.82) is 0 Å². The van der Waals surface area contributed by atoms with Gasteiger partial charge in [-0.1, -0.05) is 30.3 Å². The summed E-state index contributed by atoms with van der Waals surface area (Å²) in [4.78, 5) is 4.86. The molecule has 3 aromatic carbocycles. The number of fused-ring (bicyclic) bond motifs is 1. The maximum Gasteiger partial charge on any atom is 0.141 e. The number of hydrogen-bond acceptors (Lipinski definition) is 3. The quantitative estimate of drug-likeness (QED) is 0.454. The van der Waals surface area contributed by atoms with Crippen molar-refractivity contribution in [1.82, 2.24) is 9.55 Å². The molecule has 4 rings (SSSR count). The summed E-state index contributed by atoms with van der Waals surface area (Å²) >= 11 is 0. The van der Waals surface area contributed by atoms with Gasteiger partial charge in [-0.05, 0) is 61.4 Å². The monoisotopic (exact) mass is 372 g/mol. The highest BCUT2D eigenvalue weighted by Gasteiger charge is 2.13. The van der Waals surface area contributed by atoms with Crippen LogP contribution in [0.25, 0.3) is 22.4 Å². The lowest BCUT2D eigenvalue weighted by Crippen LogP contribution is -2.09. The highest BCUT2D eigenvalue weighted by molar-refractivity contribution is 5.80. The lowest BCUT2D eigenvalue weighted by atomic mass is 10.1. The Morgan fingerprint density at radius 1 is 0.857 bits per heavy atom. The minimum Gasteiger partial charge on any atom is -0.497 e. The molecule has 0 saturated heterocycles. The van der Waals surface area contributed by atoms with Gasteiger partial charge >= 0.3 is 0 Å². The number of ether oxygens (including phenoxy) is 2. The SMILES string of the molecule is COc1cccc(-c2nc3ccccc3n2CCOc2cc(C)cc(C)c2)c1. The van der Waals surface area contributed by atoms with Gasteiger partial charge in [-0.15, -0.1) is 0 Å². The fraction of sp³-hybridized carbons (Fsp3) is 0.208. The number of benzene rings is 3. The number of methoxy groups -OCH3 is 1. The summed E-state index contributed by atoms with van der Waals surface area (Å²) in [5.74, 6) is 2.65. The number of hydrogen-bond donors (Lipinski definition) is 0. The maximum atomic E-state index is 6.05. The normalized spacial score (nSPS) is 11.0. The van der Waals surface area contributed by atoms with E-state index in [1.54, 1.807) is 7.11 Å². The number of para-hydroxylation sites is 2. The maximum absolute atomic E-state index is 6.05. The van der Waals surface area contributed by atoms with Gasteiger partial charge in [0.15, 0.2) is 0 Å². The molecule has 142 valence electrons. The van der Waals surface area contributed by atoms with E-state index < -0.39 is 0 Å². The van der Waals surface area contributed by atoms with Crippen molar-refractivity contribution in [3.05, 3.63) is 77.9 Å². The van der Waals surface area contributed by atoms with Crippen molar-refractivity contribution in [3.63, 3.8) is 0 Å². The summed E-state index contributed by atoms with van der Waals surface area (Å²) in [6, 6.07) is 22.5. The van der Waals surface area contributed by atoms with Gasteiger partial charge in [0.05, 0.1) is 24.7 Å². The van der Waals surface area contributed by atoms with Crippen LogP contribution in [-0.2, 0) is 6.54 Å². The highest BCUT2D eigenvalue weighted by Crippen LogP contribution is 2.27. The largest absolute Gasteiger partial charge is 0.497 e. The second-order valence-corrected chi connectivity index (χ2v) is 6.98. The second kappa shape index (κ2) is 7.77. The summed E-state index contributed by atoms with van der Waals surface area (Å²) < 4.78 is 13.7. The fourth-order valence-corrected chi connectivity index (χ4v) is 3.56. The van der Waals surface area contributed by atoms with E-state index in [1.807, 2.05) is 36.4 Å². The summed E-state index contributed by atoms with van der Waals surface area (Å²) in [5, 5.41) is 0. The Hall–Kier alpha value is -3.27. The van der Waals surface area contributed by atoms with Crippen molar-refractivity contribution in [2.24, 2.45) is 0 Å². The van der Waals surface area contributed by atoms with Crippen LogP contribution in [0.3, 0.4) is 0 Å². The standard InChI is InChI=1S/C24H24N2O2/c1-17-13-18(2)15-21(14-17)28-12-11-26-23-10-5-4-9-22(23)25-24(26)19-7-6-8-20(16-19)27-3/h4-10,13-16H,11-12H2,1-3H3. The van der Waals surface area contributed by atoms with Gasteiger partial charge in [-0.3, -0.25) is 0 Å². The Bertz CT molecular complexity index is 1090. The first-order chi connectivity index (χ1) is 13.6. The van der Waals surface area contributed by atoms with Crippen LogP contribution in [0.2, 0.25) is 0 Å². The molecule has 4 aromatic rings. The Morgan fingerprint density at radius 2 is 1.64 bits per heavy atom. The Morgan fingerprint density at radius 3 is 2.43 bits per heavy atom. The molecular weight excluding hydrogens is 348 g/mol. The molecule has 0 spiro atoms. The van der Waals surface area contributed by atoms with E-state index in [9.17, 15) is 0 Å². The predicted molar refractivity (Wildman–Crippen MR) is 113 cm³/mol.